The fraction of sp³-hybridized carbons (Fsp3) is 0.316. The number of benzene rings is 2. The van der Waals surface area contributed by atoms with Crippen LogP contribution < -0.4 is 5.32 Å². The summed E-state index contributed by atoms with van der Waals surface area (Å²) in [6, 6.07) is 9.64. The van der Waals surface area contributed by atoms with Crippen LogP contribution in [-0.4, -0.2) is 36.5 Å². The summed E-state index contributed by atoms with van der Waals surface area (Å²) >= 11 is 5.85. The molecule has 0 radical (unpaired) electrons. The lowest BCUT2D eigenvalue weighted by Gasteiger charge is -2.36. The lowest BCUT2D eigenvalue weighted by molar-refractivity contribution is -0.124. The van der Waals surface area contributed by atoms with E-state index in [4.69, 9.17) is 16.3 Å². The van der Waals surface area contributed by atoms with Crippen LogP contribution in [0.15, 0.2) is 42.5 Å². The number of anilines is 1. The van der Waals surface area contributed by atoms with Crippen molar-refractivity contribution in [1.29, 1.82) is 0 Å². The summed E-state index contributed by atoms with van der Waals surface area (Å²) in [4.78, 5) is 14.5. The van der Waals surface area contributed by atoms with Crippen molar-refractivity contribution in [2.75, 3.05) is 25.0 Å². The van der Waals surface area contributed by atoms with Crippen LogP contribution in [0.3, 0.4) is 0 Å². The molecule has 1 amide bonds. The van der Waals surface area contributed by atoms with Gasteiger partial charge in [-0.15, -0.1) is 0 Å². The number of amides is 1. The highest BCUT2D eigenvalue weighted by Crippen LogP contribution is 2.25. The summed E-state index contributed by atoms with van der Waals surface area (Å²) in [5, 5.41) is 2.92. The Bertz CT molecular complexity index is 786. The molecule has 4 nitrogen and oxygen atoms in total. The minimum atomic E-state index is -0.541. The summed E-state index contributed by atoms with van der Waals surface area (Å²) in [6.45, 7) is 3.26. The van der Waals surface area contributed by atoms with E-state index in [1.807, 2.05) is 4.90 Å². The highest BCUT2D eigenvalue weighted by atomic mass is 35.5. The summed E-state index contributed by atoms with van der Waals surface area (Å²) < 4.78 is 32.6. The molecule has 26 heavy (non-hydrogen) atoms. The molecule has 1 heterocycles. The number of nitrogens with one attached hydrogen (secondary N) is 1. The normalized spacial score (nSPS) is 19.2. The Balaban J connectivity index is 1.66. The number of hydrogen-bond donors (Lipinski definition) is 1. The van der Waals surface area contributed by atoms with Crippen LogP contribution in [0.1, 0.15) is 18.6 Å². The summed E-state index contributed by atoms with van der Waals surface area (Å²) in [5.41, 5.74) is 0.905. The number of ether oxygens (including phenoxy) is 1. The van der Waals surface area contributed by atoms with Crippen LogP contribution in [0, 0.1) is 11.6 Å². The molecule has 2 unspecified atom stereocenters. The fourth-order valence-electron chi connectivity index (χ4n) is 2.90. The molecule has 1 aliphatic heterocycles. The van der Waals surface area contributed by atoms with Crippen molar-refractivity contribution in [3.63, 3.8) is 0 Å². The maximum absolute atomic E-state index is 13.8. The Hall–Kier alpha value is -2.02. The lowest BCUT2D eigenvalue weighted by atomic mass is 10.1. The van der Waals surface area contributed by atoms with Gasteiger partial charge in [0.2, 0.25) is 5.91 Å². The van der Waals surface area contributed by atoms with Gasteiger partial charge in [-0.25, -0.2) is 8.78 Å². The van der Waals surface area contributed by atoms with Crippen molar-refractivity contribution in [1.82, 2.24) is 4.90 Å². The van der Waals surface area contributed by atoms with E-state index in [9.17, 15) is 13.6 Å². The van der Waals surface area contributed by atoms with Crippen molar-refractivity contribution in [2.24, 2.45) is 0 Å². The molecular weight excluding hydrogens is 362 g/mol. The number of carbonyl (C=O) groups is 1. The lowest BCUT2D eigenvalue weighted by Crippen LogP contribution is -2.48. The number of carbonyl (C=O) groups excluding carboxylic acids is 1. The standard InChI is InChI=1S/C19H19ClF2N2O2/c1-12(19(25)23-17-10-14(20)4-7-16(17)22)24-8-9-26-18(11-24)13-2-5-15(21)6-3-13/h2-7,10,12,18H,8-9,11H2,1H3,(H,23,25). The minimum Gasteiger partial charge on any atom is -0.371 e. The Labute approximate surface area is 155 Å². The molecule has 138 valence electrons. The molecule has 1 N–H and O–H groups in total. The predicted octanol–water partition coefficient (Wildman–Crippen LogP) is 4.02. The van der Waals surface area contributed by atoms with E-state index in [0.717, 1.165) is 5.56 Å². The van der Waals surface area contributed by atoms with Crippen molar-refractivity contribution in [3.05, 3.63) is 64.7 Å². The van der Waals surface area contributed by atoms with E-state index in [1.54, 1.807) is 19.1 Å². The first-order valence-electron chi connectivity index (χ1n) is 8.31. The van der Waals surface area contributed by atoms with Crippen LogP contribution >= 0.6 is 11.6 Å². The first-order chi connectivity index (χ1) is 12.4. The van der Waals surface area contributed by atoms with Crippen molar-refractivity contribution >= 4 is 23.2 Å². The number of rotatable bonds is 4. The van der Waals surface area contributed by atoms with Gasteiger partial charge in [0.05, 0.1) is 24.4 Å². The highest BCUT2D eigenvalue weighted by molar-refractivity contribution is 6.30. The van der Waals surface area contributed by atoms with Gasteiger partial charge in [0, 0.05) is 18.1 Å². The fourth-order valence-corrected chi connectivity index (χ4v) is 3.07. The van der Waals surface area contributed by atoms with Crippen LogP contribution in [0.5, 0.6) is 0 Å². The third-order valence-corrected chi connectivity index (χ3v) is 4.69. The van der Waals surface area contributed by atoms with Crippen LogP contribution in [0.4, 0.5) is 14.5 Å². The molecule has 0 saturated carbocycles. The zero-order chi connectivity index (χ0) is 18.7. The van der Waals surface area contributed by atoms with Crippen LogP contribution in [0.2, 0.25) is 5.02 Å². The van der Waals surface area contributed by atoms with E-state index in [0.29, 0.717) is 24.7 Å². The maximum atomic E-state index is 13.8. The average molecular weight is 381 g/mol. The molecule has 1 saturated heterocycles. The quantitative estimate of drug-likeness (QED) is 0.871. The third-order valence-electron chi connectivity index (χ3n) is 4.45. The Morgan fingerprint density at radius 1 is 1.27 bits per heavy atom. The van der Waals surface area contributed by atoms with Crippen molar-refractivity contribution in [3.8, 4) is 0 Å². The first kappa shape index (κ1) is 18.8. The zero-order valence-electron chi connectivity index (χ0n) is 14.2. The van der Waals surface area contributed by atoms with E-state index < -0.39 is 11.9 Å². The second-order valence-electron chi connectivity index (χ2n) is 6.20. The highest BCUT2D eigenvalue weighted by Gasteiger charge is 2.29. The van der Waals surface area contributed by atoms with Gasteiger partial charge in [-0.2, -0.15) is 0 Å². The zero-order valence-corrected chi connectivity index (χ0v) is 15.0. The molecule has 2 atom stereocenters. The molecule has 0 aliphatic carbocycles. The molecule has 0 aromatic heterocycles. The molecule has 0 spiro atoms. The van der Waals surface area contributed by atoms with Gasteiger partial charge in [0.25, 0.3) is 0 Å². The van der Waals surface area contributed by atoms with Gasteiger partial charge in [-0.05, 0) is 42.8 Å². The van der Waals surface area contributed by atoms with Gasteiger partial charge >= 0.3 is 0 Å². The first-order valence-corrected chi connectivity index (χ1v) is 8.69. The van der Waals surface area contributed by atoms with Gasteiger partial charge in [-0.3, -0.25) is 9.69 Å². The molecule has 1 fully saturated rings. The van der Waals surface area contributed by atoms with E-state index in [2.05, 4.69) is 5.32 Å². The van der Waals surface area contributed by atoms with Crippen molar-refractivity contribution in [2.45, 2.75) is 19.1 Å². The van der Waals surface area contributed by atoms with Gasteiger partial charge in [0.1, 0.15) is 11.6 Å². The smallest absolute Gasteiger partial charge is 0.241 e. The summed E-state index contributed by atoms with van der Waals surface area (Å²) in [6.07, 6.45) is -0.248. The topological polar surface area (TPSA) is 41.6 Å². The summed E-state index contributed by atoms with van der Waals surface area (Å²) in [7, 11) is 0. The van der Waals surface area contributed by atoms with Gasteiger partial charge in [0.15, 0.2) is 0 Å². The van der Waals surface area contributed by atoms with Crippen LogP contribution in [0.25, 0.3) is 0 Å². The summed E-state index contributed by atoms with van der Waals surface area (Å²) in [5.74, 6) is -1.18. The number of nitrogens with zero attached hydrogens (tertiary/aromatic N) is 1. The molecule has 2 aromatic rings. The van der Waals surface area contributed by atoms with E-state index in [-0.39, 0.29) is 23.5 Å². The average Bonchev–Trinajstić information content (AvgIpc) is 2.64. The van der Waals surface area contributed by atoms with E-state index in [1.165, 1.54) is 30.3 Å². The minimum absolute atomic E-state index is 0.0534. The number of hydrogen-bond acceptors (Lipinski definition) is 3. The SMILES string of the molecule is CC(C(=O)Nc1cc(Cl)ccc1F)N1CCOC(c2ccc(F)cc2)C1. The van der Waals surface area contributed by atoms with Gasteiger partial charge in [-0.1, -0.05) is 23.7 Å². The molecule has 3 rings (SSSR count). The molecular formula is C19H19ClF2N2O2. The molecule has 7 heteroatoms. The van der Waals surface area contributed by atoms with Crippen LogP contribution in [-0.2, 0) is 9.53 Å². The monoisotopic (exact) mass is 380 g/mol. The maximum Gasteiger partial charge on any atom is 0.241 e. The molecule has 0 bridgehead atoms. The largest absolute Gasteiger partial charge is 0.371 e. The van der Waals surface area contributed by atoms with E-state index >= 15 is 0 Å². The molecule has 1 aliphatic rings. The Morgan fingerprint density at radius 2 is 2.00 bits per heavy atom. The molecule has 2 aromatic carbocycles. The van der Waals surface area contributed by atoms with Crippen molar-refractivity contribution < 1.29 is 18.3 Å². The third kappa shape index (κ3) is 4.38. The second kappa shape index (κ2) is 8.12. The van der Waals surface area contributed by atoms with Gasteiger partial charge < -0.3 is 10.1 Å². The number of halogens is 3. The predicted molar refractivity (Wildman–Crippen MR) is 96.2 cm³/mol. The number of morpholine rings is 1. The Morgan fingerprint density at radius 3 is 2.73 bits per heavy atom. The second-order valence-corrected chi connectivity index (χ2v) is 6.63. The Kier molecular flexibility index (Phi) is 5.86.